The van der Waals surface area contributed by atoms with E-state index in [1.807, 2.05) is 39.0 Å². The summed E-state index contributed by atoms with van der Waals surface area (Å²) in [4.78, 5) is 38.3. The Bertz CT molecular complexity index is 1510. The lowest BCUT2D eigenvalue weighted by Gasteiger charge is -2.15. The molecule has 1 heterocycles. The van der Waals surface area contributed by atoms with Crippen LogP contribution in [0.2, 0.25) is 5.02 Å². The number of thiocarbonyl (C=S) groups is 1. The van der Waals surface area contributed by atoms with Crippen LogP contribution in [0.15, 0.2) is 65.6 Å². The first-order valence-corrected chi connectivity index (χ1v) is 13.9. The average molecular weight is 596 g/mol. The molecule has 206 valence electrons. The highest BCUT2D eigenvalue weighted by Gasteiger charge is 2.33. The molecule has 1 aliphatic rings. The summed E-state index contributed by atoms with van der Waals surface area (Å²) in [6.45, 7) is 5.97. The van der Waals surface area contributed by atoms with Crippen LogP contribution in [0.1, 0.15) is 34.0 Å². The SMILES string of the molecule is CCOc1cc(/C=C2/SC(=S)N(NC(=O)c3ccc(Cl)cc3)C2=O)ccc1OCC(=O)Nc1ccc(C)c(C)c1. The van der Waals surface area contributed by atoms with E-state index in [0.29, 0.717) is 44.8 Å². The molecule has 0 spiro atoms. The molecule has 4 rings (SSSR count). The molecule has 3 aromatic carbocycles. The molecule has 0 atom stereocenters. The highest BCUT2D eigenvalue weighted by Crippen LogP contribution is 2.34. The molecule has 8 nitrogen and oxygen atoms in total. The molecule has 2 N–H and O–H groups in total. The van der Waals surface area contributed by atoms with E-state index in [1.165, 1.54) is 0 Å². The predicted octanol–water partition coefficient (Wildman–Crippen LogP) is 5.92. The first-order valence-electron chi connectivity index (χ1n) is 12.3. The van der Waals surface area contributed by atoms with Crippen LogP contribution in [0, 0.1) is 13.8 Å². The van der Waals surface area contributed by atoms with Gasteiger partial charge in [0.15, 0.2) is 22.4 Å². The fourth-order valence-corrected chi connectivity index (χ4v) is 4.95. The second kappa shape index (κ2) is 13.0. The Hall–Kier alpha value is -3.86. The van der Waals surface area contributed by atoms with Crippen LogP contribution in [0.4, 0.5) is 5.69 Å². The molecule has 0 unspecified atom stereocenters. The second-order valence-electron chi connectivity index (χ2n) is 8.74. The minimum Gasteiger partial charge on any atom is -0.490 e. The minimum absolute atomic E-state index is 0.193. The molecule has 3 aromatic rings. The number of rotatable bonds is 9. The fraction of sp³-hybridized carbons (Fsp3) is 0.172. The monoisotopic (exact) mass is 595 g/mol. The number of ether oxygens (including phenoxy) is 2. The number of hydrogen-bond donors (Lipinski definition) is 2. The molecule has 1 saturated heterocycles. The maximum atomic E-state index is 13.0. The van der Waals surface area contributed by atoms with E-state index >= 15 is 0 Å². The van der Waals surface area contributed by atoms with Crippen molar-refractivity contribution in [2.24, 2.45) is 0 Å². The van der Waals surface area contributed by atoms with Crippen molar-refractivity contribution < 1.29 is 23.9 Å². The standard InChI is InChI=1S/C29H26ClN3O5S2/c1-4-37-24-14-19(6-12-23(24)38-16-26(34)31-22-11-5-17(2)18(3)13-22)15-25-28(36)33(29(39)40-25)32-27(35)20-7-9-21(30)10-8-20/h5-15H,4,16H2,1-3H3,(H,31,34)(H,32,35)/b25-15+. The molecule has 0 aliphatic carbocycles. The lowest BCUT2D eigenvalue weighted by atomic mass is 10.1. The number of thioether (sulfide) groups is 1. The number of carbonyl (C=O) groups is 3. The van der Waals surface area contributed by atoms with Crippen LogP contribution in [-0.2, 0) is 9.59 Å². The third-order valence-corrected chi connectivity index (χ3v) is 7.38. The molecule has 1 fully saturated rings. The van der Waals surface area contributed by atoms with Gasteiger partial charge in [0.25, 0.3) is 17.7 Å². The zero-order valence-corrected chi connectivity index (χ0v) is 24.3. The van der Waals surface area contributed by atoms with E-state index < -0.39 is 11.8 Å². The summed E-state index contributed by atoms with van der Waals surface area (Å²) in [6.07, 6.45) is 1.65. The summed E-state index contributed by atoms with van der Waals surface area (Å²) in [7, 11) is 0. The number of benzene rings is 3. The van der Waals surface area contributed by atoms with E-state index in [4.69, 9.17) is 33.3 Å². The molecular formula is C29H26ClN3O5S2. The number of hydrogen-bond acceptors (Lipinski definition) is 7. The molecule has 11 heteroatoms. The van der Waals surface area contributed by atoms with Crippen LogP contribution in [0.5, 0.6) is 11.5 Å². The smallest absolute Gasteiger partial charge is 0.285 e. The van der Waals surface area contributed by atoms with Gasteiger partial charge in [-0.05, 0) is 104 Å². The summed E-state index contributed by atoms with van der Waals surface area (Å²) < 4.78 is 11.6. The van der Waals surface area contributed by atoms with Crippen molar-refractivity contribution in [1.29, 1.82) is 0 Å². The topological polar surface area (TPSA) is 97.0 Å². The molecule has 0 radical (unpaired) electrons. The summed E-state index contributed by atoms with van der Waals surface area (Å²) in [6, 6.07) is 17.1. The van der Waals surface area contributed by atoms with Crippen LogP contribution < -0.4 is 20.2 Å². The summed E-state index contributed by atoms with van der Waals surface area (Å²) in [5.41, 5.74) is 6.44. The number of amides is 3. The van der Waals surface area contributed by atoms with Gasteiger partial charge in [-0.3, -0.25) is 19.8 Å². The van der Waals surface area contributed by atoms with Crippen LogP contribution in [0.25, 0.3) is 6.08 Å². The molecule has 0 saturated carbocycles. The fourth-order valence-electron chi connectivity index (χ4n) is 3.64. The van der Waals surface area contributed by atoms with Crippen molar-refractivity contribution in [2.75, 3.05) is 18.5 Å². The van der Waals surface area contributed by atoms with Crippen LogP contribution in [-0.4, -0.2) is 40.3 Å². The van der Waals surface area contributed by atoms with Crippen molar-refractivity contribution in [1.82, 2.24) is 10.4 Å². The van der Waals surface area contributed by atoms with Gasteiger partial charge >= 0.3 is 0 Å². The largest absolute Gasteiger partial charge is 0.490 e. The summed E-state index contributed by atoms with van der Waals surface area (Å²) in [5.74, 6) is -0.452. The zero-order chi connectivity index (χ0) is 28.8. The molecule has 0 aromatic heterocycles. The molecule has 3 amide bonds. The molecule has 1 aliphatic heterocycles. The lowest BCUT2D eigenvalue weighted by Crippen LogP contribution is -2.44. The minimum atomic E-state index is -0.490. The van der Waals surface area contributed by atoms with Crippen molar-refractivity contribution >= 4 is 69.4 Å². The van der Waals surface area contributed by atoms with Gasteiger partial charge in [-0.1, -0.05) is 35.5 Å². The van der Waals surface area contributed by atoms with E-state index in [1.54, 1.807) is 48.5 Å². The van der Waals surface area contributed by atoms with Gasteiger partial charge in [0.2, 0.25) is 0 Å². The van der Waals surface area contributed by atoms with Gasteiger partial charge in [0.05, 0.1) is 11.5 Å². The van der Waals surface area contributed by atoms with Crippen molar-refractivity contribution in [2.45, 2.75) is 20.8 Å². The normalized spacial score (nSPS) is 13.9. The van der Waals surface area contributed by atoms with Gasteiger partial charge in [0.1, 0.15) is 0 Å². The average Bonchev–Trinajstić information content (AvgIpc) is 3.18. The molecular weight excluding hydrogens is 570 g/mol. The molecule has 0 bridgehead atoms. The van der Waals surface area contributed by atoms with Crippen LogP contribution >= 0.6 is 35.6 Å². The first kappa shape index (κ1) is 29.1. The Morgan fingerprint density at radius 1 is 1.00 bits per heavy atom. The number of nitrogens with one attached hydrogen (secondary N) is 2. The quantitative estimate of drug-likeness (QED) is 0.234. The maximum Gasteiger partial charge on any atom is 0.285 e. The van der Waals surface area contributed by atoms with Crippen LogP contribution in [0.3, 0.4) is 0 Å². The Morgan fingerprint density at radius 3 is 2.45 bits per heavy atom. The van der Waals surface area contributed by atoms with E-state index in [0.717, 1.165) is 27.9 Å². The van der Waals surface area contributed by atoms with Gasteiger partial charge < -0.3 is 14.8 Å². The molecule has 40 heavy (non-hydrogen) atoms. The Labute approximate surface area is 246 Å². The highest BCUT2D eigenvalue weighted by molar-refractivity contribution is 8.26. The number of anilines is 1. The van der Waals surface area contributed by atoms with Gasteiger partial charge in [-0.2, -0.15) is 5.01 Å². The Kier molecular flexibility index (Phi) is 9.46. The van der Waals surface area contributed by atoms with Gasteiger partial charge in [-0.15, -0.1) is 0 Å². The zero-order valence-electron chi connectivity index (χ0n) is 21.9. The summed E-state index contributed by atoms with van der Waals surface area (Å²) in [5, 5.41) is 4.36. The first-order chi connectivity index (χ1) is 19.1. The van der Waals surface area contributed by atoms with E-state index in [2.05, 4.69) is 10.7 Å². The Balaban J connectivity index is 1.42. The number of carbonyl (C=O) groups excluding carboxylic acids is 3. The number of halogens is 1. The highest BCUT2D eigenvalue weighted by atomic mass is 35.5. The second-order valence-corrected chi connectivity index (χ2v) is 10.9. The van der Waals surface area contributed by atoms with E-state index in [-0.39, 0.29) is 16.8 Å². The Morgan fingerprint density at radius 2 is 1.75 bits per heavy atom. The number of aryl methyl sites for hydroxylation is 2. The number of nitrogens with zero attached hydrogens (tertiary/aromatic N) is 1. The maximum absolute atomic E-state index is 13.0. The number of hydrazine groups is 1. The van der Waals surface area contributed by atoms with E-state index in [9.17, 15) is 14.4 Å². The van der Waals surface area contributed by atoms with Gasteiger partial charge in [0, 0.05) is 16.3 Å². The van der Waals surface area contributed by atoms with Gasteiger partial charge in [-0.25, -0.2) is 0 Å². The third-order valence-electron chi connectivity index (χ3n) is 5.83. The van der Waals surface area contributed by atoms with Crippen molar-refractivity contribution in [3.63, 3.8) is 0 Å². The predicted molar refractivity (Wildman–Crippen MR) is 162 cm³/mol. The van der Waals surface area contributed by atoms with Crippen molar-refractivity contribution in [3.8, 4) is 11.5 Å². The van der Waals surface area contributed by atoms with Crippen molar-refractivity contribution in [3.05, 3.63) is 92.8 Å². The third kappa shape index (κ3) is 7.20. The lowest BCUT2D eigenvalue weighted by molar-refractivity contribution is -0.123. The summed E-state index contributed by atoms with van der Waals surface area (Å²) >= 11 is 12.3.